The molecule has 0 radical (unpaired) electrons. The lowest BCUT2D eigenvalue weighted by molar-refractivity contribution is -0.146. The van der Waals surface area contributed by atoms with Crippen LogP contribution in [-0.4, -0.2) is 29.7 Å². The third-order valence-corrected chi connectivity index (χ3v) is 3.09. The minimum Gasteiger partial charge on any atom is -0.481 e. The topological polar surface area (TPSA) is 78.4 Å². The van der Waals surface area contributed by atoms with E-state index in [1.165, 1.54) is 0 Å². The maximum Gasteiger partial charge on any atom is 0.315 e. The molecule has 1 atom stereocenters. The van der Waals surface area contributed by atoms with Gasteiger partial charge in [0.25, 0.3) is 0 Å². The number of hydrogen-bond acceptors (Lipinski definition) is 2. The minimum absolute atomic E-state index is 0.126. The molecule has 0 bridgehead atoms. The molecule has 0 spiro atoms. The van der Waals surface area contributed by atoms with Crippen molar-refractivity contribution in [3.63, 3.8) is 0 Å². The number of carbonyl (C=O) groups excluding carboxylic acids is 1. The number of hydrogen-bond donors (Lipinski definition) is 3. The van der Waals surface area contributed by atoms with E-state index in [0.717, 1.165) is 6.42 Å². The van der Waals surface area contributed by atoms with E-state index >= 15 is 0 Å². The predicted molar refractivity (Wildman–Crippen MR) is 60.1 cm³/mol. The molecular formula is C11H20N2O3. The first-order valence-corrected chi connectivity index (χ1v) is 5.43. The second kappa shape index (κ2) is 3.96. The standard InChI is InChI=1S/C11H20N2O3/c1-10(2)5-7(10)13-9(16)12-6-11(3,4)8(14)15/h7H,5-6H2,1-4H3,(H,14,15)(H2,12,13,16). The maximum atomic E-state index is 11.4. The van der Waals surface area contributed by atoms with Crippen LogP contribution in [0.4, 0.5) is 4.79 Å². The number of carbonyl (C=O) groups is 2. The smallest absolute Gasteiger partial charge is 0.315 e. The van der Waals surface area contributed by atoms with Gasteiger partial charge in [0.05, 0.1) is 5.41 Å². The van der Waals surface area contributed by atoms with Crippen LogP contribution in [0.25, 0.3) is 0 Å². The first-order valence-electron chi connectivity index (χ1n) is 5.43. The van der Waals surface area contributed by atoms with E-state index in [9.17, 15) is 9.59 Å². The van der Waals surface area contributed by atoms with Crippen molar-refractivity contribution < 1.29 is 14.7 Å². The number of rotatable bonds is 4. The zero-order valence-electron chi connectivity index (χ0n) is 10.3. The van der Waals surface area contributed by atoms with Crippen molar-refractivity contribution in [2.45, 2.75) is 40.2 Å². The summed E-state index contributed by atoms with van der Waals surface area (Å²) >= 11 is 0. The molecule has 3 N–H and O–H groups in total. The number of carboxylic acid groups (broad SMARTS) is 1. The lowest BCUT2D eigenvalue weighted by Crippen LogP contribution is -2.44. The van der Waals surface area contributed by atoms with Crippen molar-refractivity contribution in [3.05, 3.63) is 0 Å². The summed E-state index contributed by atoms with van der Waals surface area (Å²) in [5.74, 6) is -0.917. The largest absolute Gasteiger partial charge is 0.481 e. The van der Waals surface area contributed by atoms with Crippen molar-refractivity contribution in [1.29, 1.82) is 0 Å². The van der Waals surface area contributed by atoms with Gasteiger partial charge in [0.1, 0.15) is 0 Å². The van der Waals surface area contributed by atoms with Crippen LogP contribution < -0.4 is 10.6 Å². The van der Waals surface area contributed by atoms with Crippen LogP contribution in [-0.2, 0) is 4.79 Å². The van der Waals surface area contributed by atoms with Crippen molar-refractivity contribution in [1.82, 2.24) is 10.6 Å². The van der Waals surface area contributed by atoms with Gasteiger partial charge in [-0.15, -0.1) is 0 Å². The van der Waals surface area contributed by atoms with Gasteiger partial charge in [-0.3, -0.25) is 4.79 Å². The zero-order valence-corrected chi connectivity index (χ0v) is 10.3. The number of carboxylic acids is 1. The van der Waals surface area contributed by atoms with E-state index in [0.29, 0.717) is 0 Å². The van der Waals surface area contributed by atoms with Crippen molar-refractivity contribution >= 4 is 12.0 Å². The molecule has 5 heteroatoms. The first kappa shape index (κ1) is 12.8. The number of amides is 2. The van der Waals surface area contributed by atoms with Gasteiger partial charge in [0.15, 0.2) is 0 Å². The van der Waals surface area contributed by atoms with Crippen molar-refractivity contribution in [3.8, 4) is 0 Å². The van der Waals surface area contributed by atoms with E-state index in [2.05, 4.69) is 24.5 Å². The fourth-order valence-electron chi connectivity index (χ4n) is 1.30. The summed E-state index contributed by atoms with van der Waals surface area (Å²) in [7, 11) is 0. The fourth-order valence-corrected chi connectivity index (χ4v) is 1.30. The molecule has 2 amide bonds. The third kappa shape index (κ3) is 3.12. The SMILES string of the molecule is CC(C)(CNC(=O)NC1CC1(C)C)C(=O)O. The second-order valence-electron chi connectivity index (χ2n) is 5.76. The molecule has 0 aromatic rings. The van der Waals surface area contributed by atoms with E-state index in [4.69, 9.17) is 5.11 Å². The Hall–Kier alpha value is -1.26. The Bertz CT molecular complexity index is 310. The molecule has 5 nitrogen and oxygen atoms in total. The van der Waals surface area contributed by atoms with Gasteiger partial charge in [0.2, 0.25) is 0 Å². The van der Waals surface area contributed by atoms with Crippen LogP contribution in [0.5, 0.6) is 0 Å². The van der Waals surface area contributed by atoms with Crippen LogP contribution in [0.3, 0.4) is 0 Å². The van der Waals surface area contributed by atoms with Crippen molar-refractivity contribution in [2.75, 3.05) is 6.54 Å². The average Bonchev–Trinajstić information content (AvgIpc) is 2.70. The molecule has 16 heavy (non-hydrogen) atoms. The Morgan fingerprint density at radius 1 is 1.44 bits per heavy atom. The summed E-state index contributed by atoms with van der Waals surface area (Å²) in [5.41, 5.74) is -0.754. The number of nitrogens with one attached hydrogen (secondary N) is 2. The second-order valence-corrected chi connectivity index (χ2v) is 5.76. The van der Waals surface area contributed by atoms with Crippen LogP contribution in [0, 0.1) is 10.8 Å². The van der Waals surface area contributed by atoms with E-state index < -0.39 is 11.4 Å². The molecule has 0 aromatic carbocycles. The Balaban J connectivity index is 2.29. The molecule has 0 saturated heterocycles. The molecule has 1 aliphatic carbocycles. The van der Waals surface area contributed by atoms with E-state index in [-0.39, 0.29) is 24.0 Å². The van der Waals surface area contributed by atoms with Crippen LogP contribution in [0.1, 0.15) is 34.1 Å². The Kier molecular flexibility index (Phi) is 3.17. The van der Waals surface area contributed by atoms with Crippen molar-refractivity contribution in [2.24, 2.45) is 10.8 Å². The monoisotopic (exact) mass is 228 g/mol. The minimum atomic E-state index is -0.934. The summed E-state index contributed by atoms with van der Waals surface area (Å²) in [6.07, 6.45) is 0.975. The highest BCUT2D eigenvalue weighted by Gasteiger charge is 2.46. The van der Waals surface area contributed by atoms with Gasteiger partial charge in [0, 0.05) is 12.6 Å². The fraction of sp³-hybridized carbons (Fsp3) is 0.818. The molecule has 1 rings (SSSR count). The molecule has 0 heterocycles. The Labute approximate surface area is 95.6 Å². The van der Waals surface area contributed by atoms with Crippen LogP contribution >= 0.6 is 0 Å². The van der Waals surface area contributed by atoms with Gasteiger partial charge in [-0.2, -0.15) is 0 Å². The van der Waals surface area contributed by atoms with Gasteiger partial charge < -0.3 is 15.7 Å². The molecule has 1 aliphatic rings. The van der Waals surface area contributed by atoms with E-state index in [1.54, 1.807) is 13.8 Å². The van der Waals surface area contributed by atoms with Gasteiger partial charge in [-0.1, -0.05) is 13.8 Å². The first-order chi connectivity index (χ1) is 7.15. The number of aliphatic carboxylic acids is 1. The highest BCUT2D eigenvalue weighted by atomic mass is 16.4. The number of urea groups is 1. The summed E-state index contributed by atoms with van der Waals surface area (Å²) in [5, 5.41) is 14.3. The molecule has 1 fully saturated rings. The summed E-state index contributed by atoms with van der Waals surface area (Å²) in [6, 6.07) is -0.0784. The van der Waals surface area contributed by atoms with E-state index in [1.807, 2.05) is 0 Å². The maximum absolute atomic E-state index is 11.4. The zero-order chi connectivity index (χ0) is 12.6. The van der Waals surface area contributed by atoms with Crippen LogP contribution in [0.2, 0.25) is 0 Å². The van der Waals surface area contributed by atoms with Gasteiger partial charge in [-0.25, -0.2) is 4.79 Å². The highest BCUT2D eigenvalue weighted by molar-refractivity contribution is 5.77. The lowest BCUT2D eigenvalue weighted by Gasteiger charge is -2.19. The predicted octanol–water partition coefficient (Wildman–Crippen LogP) is 1.19. The molecule has 0 aliphatic heterocycles. The Morgan fingerprint density at radius 3 is 2.31 bits per heavy atom. The molecule has 1 unspecified atom stereocenters. The summed E-state index contributed by atoms with van der Waals surface area (Å²) < 4.78 is 0. The van der Waals surface area contributed by atoms with Gasteiger partial charge >= 0.3 is 12.0 Å². The Morgan fingerprint density at radius 2 is 1.94 bits per heavy atom. The lowest BCUT2D eigenvalue weighted by atomic mass is 9.94. The highest BCUT2D eigenvalue weighted by Crippen LogP contribution is 2.44. The molecule has 0 aromatic heterocycles. The summed E-state index contributed by atoms with van der Waals surface area (Å²) in [4.78, 5) is 22.2. The molecule has 92 valence electrons. The summed E-state index contributed by atoms with van der Waals surface area (Å²) in [6.45, 7) is 7.45. The quantitative estimate of drug-likeness (QED) is 0.676. The van der Waals surface area contributed by atoms with Crippen LogP contribution in [0.15, 0.2) is 0 Å². The average molecular weight is 228 g/mol. The van der Waals surface area contributed by atoms with Gasteiger partial charge in [-0.05, 0) is 25.7 Å². The molecular weight excluding hydrogens is 208 g/mol. The normalized spacial score (nSPS) is 22.4. The third-order valence-electron chi connectivity index (χ3n) is 3.09. The molecule has 1 saturated carbocycles.